The molecule has 0 spiro atoms. The Morgan fingerprint density at radius 3 is 2.37 bits per heavy atom. The van der Waals surface area contributed by atoms with Crippen molar-refractivity contribution in [2.24, 2.45) is 5.92 Å². The number of anilines is 1. The Kier molecular flexibility index (Phi) is 6.60. The zero-order valence-corrected chi connectivity index (χ0v) is 20.9. The number of fused-ring (bicyclic) bond motifs is 1. The number of thiophene rings is 1. The first-order valence-electron chi connectivity index (χ1n) is 12.2. The van der Waals surface area contributed by atoms with E-state index < -0.39 is 5.92 Å². The number of nitrogens with zero attached hydrogens (tertiary/aromatic N) is 3. The van der Waals surface area contributed by atoms with E-state index in [4.69, 9.17) is 0 Å². The predicted octanol–water partition coefficient (Wildman–Crippen LogP) is 5.17. The molecule has 3 aromatic rings. The van der Waals surface area contributed by atoms with E-state index in [9.17, 15) is 14.0 Å². The van der Waals surface area contributed by atoms with Crippen molar-refractivity contribution in [1.82, 2.24) is 9.80 Å². The van der Waals surface area contributed by atoms with Crippen LogP contribution in [0.15, 0.2) is 66.0 Å². The van der Waals surface area contributed by atoms with Gasteiger partial charge in [0, 0.05) is 48.9 Å². The van der Waals surface area contributed by atoms with Gasteiger partial charge in [-0.05, 0) is 53.3 Å². The highest BCUT2D eigenvalue weighted by molar-refractivity contribution is 7.10. The van der Waals surface area contributed by atoms with Crippen LogP contribution in [-0.2, 0) is 4.79 Å². The minimum Gasteiger partial charge on any atom is -0.368 e. The standard InChI is InChI=1S/C28H30FN3O2S/c1-19(2)18-32-26(24-8-5-17-35-24)25(22-6-3-4-7-23(22)27(32)33)28(34)31-15-13-30(14-16-31)21-11-9-20(29)10-12-21/h3-12,17,19,25-26H,13-16,18H2,1-2H3/t25-,26-/m0/s1. The lowest BCUT2D eigenvalue weighted by molar-refractivity contribution is -0.135. The Morgan fingerprint density at radius 1 is 1.00 bits per heavy atom. The van der Waals surface area contributed by atoms with Crippen molar-refractivity contribution >= 4 is 28.8 Å². The fraction of sp³-hybridized carbons (Fsp3) is 0.357. The summed E-state index contributed by atoms with van der Waals surface area (Å²) in [5.74, 6) is -0.354. The van der Waals surface area contributed by atoms with Gasteiger partial charge in [0.2, 0.25) is 5.91 Å². The minimum absolute atomic E-state index is 0.00196. The van der Waals surface area contributed by atoms with Gasteiger partial charge in [-0.3, -0.25) is 9.59 Å². The van der Waals surface area contributed by atoms with Crippen LogP contribution in [0.3, 0.4) is 0 Å². The maximum Gasteiger partial charge on any atom is 0.254 e. The molecule has 1 aromatic heterocycles. The van der Waals surface area contributed by atoms with Crippen LogP contribution in [0, 0.1) is 11.7 Å². The SMILES string of the molecule is CC(C)CN1C(=O)c2ccccc2[C@H](C(=O)N2CCN(c3ccc(F)cc3)CC2)[C@@H]1c1cccs1. The lowest BCUT2D eigenvalue weighted by atomic mass is 9.80. The smallest absolute Gasteiger partial charge is 0.254 e. The second-order valence-electron chi connectivity index (χ2n) is 9.67. The monoisotopic (exact) mass is 491 g/mol. The zero-order chi connectivity index (χ0) is 24.5. The first-order valence-corrected chi connectivity index (χ1v) is 13.0. The van der Waals surface area contributed by atoms with Crippen LogP contribution < -0.4 is 4.90 Å². The molecule has 2 amide bonds. The number of carbonyl (C=O) groups is 2. The van der Waals surface area contributed by atoms with Crippen molar-refractivity contribution in [1.29, 1.82) is 0 Å². The molecule has 35 heavy (non-hydrogen) atoms. The van der Waals surface area contributed by atoms with Gasteiger partial charge in [-0.2, -0.15) is 0 Å². The third kappa shape index (κ3) is 4.57. The third-order valence-corrected chi connectivity index (χ3v) is 7.83. The van der Waals surface area contributed by atoms with E-state index in [1.807, 2.05) is 51.6 Å². The zero-order valence-electron chi connectivity index (χ0n) is 20.1. The number of rotatable bonds is 5. The van der Waals surface area contributed by atoms with Gasteiger partial charge in [-0.1, -0.05) is 38.1 Å². The molecule has 2 aromatic carbocycles. The van der Waals surface area contributed by atoms with E-state index in [-0.39, 0.29) is 29.6 Å². The number of amides is 2. The van der Waals surface area contributed by atoms with Gasteiger partial charge < -0.3 is 14.7 Å². The number of carbonyl (C=O) groups excluding carboxylic acids is 2. The van der Waals surface area contributed by atoms with E-state index >= 15 is 0 Å². The largest absolute Gasteiger partial charge is 0.368 e. The van der Waals surface area contributed by atoms with Gasteiger partial charge in [-0.15, -0.1) is 11.3 Å². The van der Waals surface area contributed by atoms with Crippen LogP contribution in [0.25, 0.3) is 0 Å². The van der Waals surface area contributed by atoms with Crippen molar-refractivity contribution in [3.05, 3.63) is 87.9 Å². The molecule has 2 aliphatic heterocycles. The van der Waals surface area contributed by atoms with Crippen molar-refractivity contribution in [3.63, 3.8) is 0 Å². The molecule has 3 heterocycles. The molecular formula is C28H30FN3O2S. The van der Waals surface area contributed by atoms with Crippen molar-refractivity contribution < 1.29 is 14.0 Å². The summed E-state index contributed by atoms with van der Waals surface area (Å²) in [4.78, 5) is 34.8. The van der Waals surface area contributed by atoms with Crippen molar-refractivity contribution in [2.75, 3.05) is 37.6 Å². The van der Waals surface area contributed by atoms with E-state index in [2.05, 4.69) is 18.7 Å². The Morgan fingerprint density at radius 2 is 1.71 bits per heavy atom. The normalized spacial score (nSPS) is 20.3. The molecule has 0 unspecified atom stereocenters. The Hall–Kier alpha value is -3.19. The van der Waals surface area contributed by atoms with E-state index in [1.165, 1.54) is 12.1 Å². The second kappa shape index (κ2) is 9.82. The fourth-order valence-electron chi connectivity index (χ4n) is 5.26. The highest BCUT2D eigenvalue weighted by Gasteiger charge is 2.46. The number of piperazine rings is 1. The highest BCUT2D eigenvalue weighted by Crippen LogP contribution is 2.45. The molecule has 2 aliphatic rings. The first kappa shape index (κ1) is 23.5. The highest BCUT2D eigenvalue weighted by atomic mass is 32.1. The van der Waals surface area contributed by atoms with Gasteiger partial charge in [0.25, 0.3) is 5.91 Å². The van der Waals surface area contributed by atoms with Crippen LogP contribution >= 0.6 is 11.3 Å². The van der Waals surface area contributed by atoms with Crippen LogP contribution in [0.4, 0.5) is 10.1 Å². The van der Waals surface area contributed by atoms with E-state index in [1.54, 1.807) is 23.5 Å². The van der Waals surface area contributed by atoms with Crippen molar-refractivity contribution in [2.45, 2.75) is 25.8 Å². The Bertz CT molecular complexity index is 1190. The molecule has 7 heteroatoms. The summed E-state index contributed by atoms with van der Waals surface area (Å²) in [5.41, 5.74) is 2.41. The van der Waals surface area contributed by atoms with Crippen molar-refractivity contribution in [3.8, 4) is 0 Å². The number of benzene rings is 2. The molecule has 2 atom stereocenters. The maximum atomic E-state index is 14.2. The summed E-state index contributed by atoms with van der Waals surface area (Å²) in [6.45, 7) is 7.34. The molecule has 1 fully saturated rings. The second-order valence-corrected chi connectivity index (χ2v) is 10.6. The summed E-state index contributed by atoms with van der Waals surface area (Å²) in [5, 5.41) is 2.01. The summed E-state index contributed by atoms with van der Waals surface area (Å²) < 4.78 is 13.3. The van der Waals surface area contributed by atoms with Gasteiger partial charge in [-0.25, -0.2) is 4.39 Å². The minimum atomic E-state index is -0.446. The Balaban J connectivity index is 1.46. The number of hydrogen-bond acceptors (Lipinski definition) is 4. The molecule has 0 saturated carbocycles. The first-order chi connectivity index (χ1) is 16.9. The van der Waals surface area contributed by atoms with Crippen LogP contribution in [-0.4, -0.2) is 54.3 Å². The molecule has 0 aliphatic carbocycles. The van der Waals surface area contributed by atoms with E-state index in [0.717, 1.165) is 16.1 Å². The predicted molar refractivity (Wildman–Crippen MR) is 137 cm³/mol. The van der Waals surface area contributed by atoms with Gasteiger partial charge in [0.1, 0.15) is 5.82 Å². The molecule has 5 rings (SSSR count). The average Bonchev–Trinajstić information content (AvgIpc) is 3.40. The molecule has 0 N–H and O–H groups in total. The summed E-state index contributed by atoms with van der Waals surface area (Å²) >= 11 is 1.60. The lowest BCUT2D eigenvalue weighted by Gasteiger charge is -2.44. The molecular weight excluding hydrogens is 461 g/mol. The molecule has 0 radical (unpaired) electrons. The molecule has 1 saturated heterocycles. The fourth-order valence-corrected chi connectivity index (χ4v) is 6.14. The maximum absolute atomic E-state index is 14.2. The van der Waals surface area contributed by atoms with Gasteiger partial charge >= 0.3 is 0 Å². The average molecular weight is 492 g/mol. The topological polar surface area (TPSA) is 43.9 Å². The summed E-state index contributed by atoms with van der Waals surface area (Å²) in [6.07, 6.45) is 0. The summed E-state index contributed by atoms with van der Waals surface area (Å²) in [6, 6.07) is 17.8. The molecule has 5 nitrogen and oxygen atoms in total. The summed E-state index contributed by atoms with van der Waals surface area (Å²) in [7, 11) is 0. The van der Waals surface area contributed by atoms with E-state index in [0.29, 0.717) is 38.3 Å². The van der Waals surface area contributed by atoms with Crippen LogP contribution in [0.1, 0.15) is 46.6 Å². The number of halogens is 1. The lowest BCUT2D eigenvalue weighted by Crippen LogP contribution is -2.53. The van der Waals surface area contributed by atoms with Crippen LogP contribution in [0.2, 0.25) is 0 Å². The Labute approximate surface area is 209 Å². The van der Waals surface area contributed by atoms with Crippen LogP contribution in [0.5, 0.6) is 0 Å². The molecule has 0 bridgehead atoms. The van der Waals surface area contributed by atoms with Gasteiger partial charge in [0.05, 0.1) is 12.0 Å². The quantitative estimate of drug-likeness (QED) is 0.495. The van der Waals surface area contributed by atoms with Gasteiger partial charge in [0.15, 0.2) is 0 Å². The third-order valence-electron chi connectivity index (χ3n) is 6.88. The number of hydrogen-bond donors (Lipinski definition) is 0. The molecule has 182 valence electrons.